The van der Waals surface area contributed by atoms with Crippen molar-refractivity contribution < 1.29 is 19.9 Å². The zero-order valence-corrected chi connectivity index (χ0v) is 10.7. The number of ether oxygens (including phenoxy) is 1. The Morgan fingerprint density at radius 1 is 1.59 bits per heavy atom. The van der Waals surface area contributed by atoms with Crippen LogP contribution in [-0.4, -0.2) is 47.4 Å². The summed E-state index contributed by atoms with van der Waals surface area (Å²) in [6.07, 6.45) is -1.20. The zero-order valence-electron chi connectivity index (χ0n) is 8.51. The van der Waals surface area contributed by atoms with Crippen molar-refractivity contribution in [2.24, 2.45) is 0 Å². The molecular formula is C8H10IN3O5. The minimum atomic E-state index is -1.21. The lowest BCUT2D eigenvalue weighted by molar-refractivity contribution is -0.398. The molecule has 0 aliphatic carbocycles. The molecular weight excluding hydrogens is 345 g/mol. The molecule has 0 spiro atoms. The summed E-state index contributed by atoms with van der Waals surface area (Å²) in [7, 11) is 0. The molecule has 1 aromatic heterocycles. The fraction of sp³-hybridized carbons (Fsp3) is 0.625. The molecule has 1 aromatic rings. The van der Waals surface area contributed by atoms with Crippen molar-refractivity contribution in [1.82, 2.24) is 9.55 Å². The summed E-state index contributed by atoms with van der Waals surface area (Å²) in [5, 5.41) is 30.2. The summed E-state index contributed by atoms with van der Waals surface area (Å²) in [6, 6.07) is 0. The van der Waals surface area contributed by atoms with E-state index in [1.807, 2.05) is 22.6 Å². The highest BCUT2D eigenvalue weighted by Crippen LogP contribution is 2.32. The molecule has 0 saturated carbocycles. The lowest BCUT2D eigenvalue weighted by Gasteiger charge is -2.13. The van der Waals surface area contributed by atoms with Gasteiger partial charge < -0.3 is 25.1 Å². The van der Waals surface area contributed by atoms with E-state index in [2.05, 4.69) is 4.98 Å². The largest absolute Gasteiger partial charge is 0.436 e. The molecule has 0 radical (unpaired) electrons. The minimum absolute atomic E-state index is 0.421. The number of aliphatic hydroxyl groups is 2. The van der Waals surface area contributed by atoms with Crippen LogP contribution in [0, 0.1) is 10.1 Å². The second-order valence-electron chi connectivity index (χ2n) is 3.59. The first-order valence-corrected chi connectivity index (χ1v) is 6.33. The van der Waals surface area contributed by atoms with Gasteiger partial charge in [0.2, 0.25) is 6.23 Å². The topological polar surface area (TPSA) is 111 Å². The van der Waals surface area contributed by atoms with Gasteiger partial charge >= 0.3 is 5.95 Å². The standard InChI is InChI=1S/C8H10IN3O5/c9-3-4-5(13)6(14)7(17-4)11-2-1-10-8(11)12(15)16/h1-2,4-7,13-14H,3H2/t4-,5-,6+,7+/m1/s1. The van der Waals surface area contributed by atoms with Gasteiger partial charge in [-0.25, -0.2) is 0 Å². The summed E-state index contributed by atoms with van der Waals surface area (Å²) in [4.78, 5) is 13.6. The monoisotopic (exact) mass is 355 g/mol. The Labute approximate surface area is 110 Å². The van der Waals surface area contributed by atoms with Crippen LogP contribution in [0.3, 0.4) is 0 Å². The summed E-state index contributed by atoms with van der Waals surface area (Å²) < 4.78 is 6.97. The van der Waals surface area contributed by atoms with E-state index in [1.165, 1.54) is 12.4 Å². The third kappa shape index (κ3) is 2.14. The first kappa shape index (κ1) is 12.7. The van der Waals surface area contributed by atoms with Gasteiger partial charge in [0.15, 0.2) is 0 Å². The molecule has 1 aliphatic heterocycles. The Morgan fingerprint density at radius 3 is 2.82 bits per heavy atom. The molecule has 8 nitrogen and oxygen atoms in total. The molecule has 0 bridgehead atoms. The quantitative estimate of drug-likeness (QED) is 0.338. The van der Waals surface area contributed by atoms with Gasteiger partial charge in [-0.1, -0.05) is 27.6 Å². The van der Waals surface area contributed by atoms with Crippen LogP contribution in [-0.2, 0) is 4.74 Å². The number of alkyl halides is 1. The Bertz CT molecular complexity index is 425. The molecule has 4 atom stereocenters. The molecule has 9 heteroatoms. The molecule has 0 amide bonds. The summed E-state index contributed by atoms with van der Waals surface area (Å²) in [5.74, 6) is -0.421. The van der Waals surface area contributed by atoms with Crippen LogP contribution in [0.15, 0.2) is 12.4 Å². The summed E-state index contributed by atoms with van der Waals surface area (Å²) in [6.45, 7) is 0. The van der Waals surface area contributed by atoms with Gasteiger partial charge in [0.05, 0.1) is 6.10 Å². The average molecular weight is 355 g/mol. The Morgan fingerprint density at radius 2 is 2.29 bits per heavy atom. The molecule has 2 N–H and O–H groups in total. The van der Waals surface area contributed by atoms with E-state index in [9.17, 15) is 20.3 Å². The molecule has 0 unspecified atom stereocenters. The van der Waals surface area contributed by atoms with E-state index in [1.54, 1.807) is 0 Å². The maximum Gasteiger partial charge on any atom is 0.436 e. The Balaban J connectivity index is 2.29. The average Bonchev–Trinajstić information content (AvgIpc) is 2.86. The second-order valence-corrected chi connectivity index (χ2v) is 4.47. The van der Waals surface area contributed by atoms with Crippen LogP contribution in [0.2, 0.25) is 0 Å². The Hall–Kier alpha value is -0.780. The van der Waals surface area contributed by atoms with Crippen molar-refractivity contribution in [3.8, 4) is 0 Å². The maximum absolute atomic E-state index is 10.7. The number of rotatable bonds is 3. The smallest absolute Gasteiger partial charge is 0.390 e. The molecule has 1 saturated heterocycles. The van der Waals surface area contributed by atoms with E-state index in [0.717, 1.165) is 4.57 Å². The number of aliphatic hydroxyl groups excluding tert-OH is 2. The van der Waals surface area contributed by atoms with Gasteiger partial charge in [0.25, 0.3) is 0 Å². The minimum Gasteiger partial charge on any atom is -0.390 e. The normalized spacial score (nSPS) is 32.9. The number of hydrogen-bond donors (Lipinski definition) is 2. The highest BCUT2D eigenvalue weighted by Gasteiger charge is 2.46. The highest BCUT2D eigenvalue weighted by atomic mass is 127. The Kier molecular flexibility index (Phi) is 3.61. The molecule has 17 heavy (non-hydrogen) atoms. The van der Waals surface area contributed by atoms with E-state index in [-0.39, 0.29) is 0 Å². The third-order valence-electron chi connectivity index (χ3n) is 2.57. The van der Waals surface area contributed by atoms with Crippen LogP contribution in [0.1, 0.15) is 6.23 Å². The van der Waals surface area contributed by atoms with Crippen molar-refractivity contribution >= 4 is 28.5 Å². The predicted molar refractivity (Wildman–Crippen MR) is 63.7 cm³/mol. The molecule has 94 valence electrons. The van der Waals surface area contributed by atoms with Crippen LogP contribution in [0.5, 0.6) is 0 Å². The van der Waals surface area contributed by atoms with Crippen molar-refractivity contribution in [3.05, 3.63) is 22.5 Å². The first-order chi connectivity index (χ1) is 8.06. The highest BCUT2D eigenvalue weighted by molar-refractivity contribution is 14.1. The van der Waals surface area contributed by atoms with Gasteiger partial charge in [-0.15, -0.1) is 0 Å². The van der Waals surface area contributed by atoms with Gasteiger partial charge in [-0.2, -0.15) is 4.57 Å². The lowest BCUT2D eigenvalue weighted by atomic mass is 10.1. The van der Waals surface area contributed by atoms with E-state index in [0.29, 0.717) is 4.43 Å². The molecule has 2 rings (SSSR count). The van der Waals surface area contributed by atoms with Gasteiger partial charge in [0, 0.05) is 4.43 Å². The number of imidazole rings is 1. The number of halogens is 1. The summed E-state index contributed by atoms with van der Waals surface area (Å²) >= 11 is 2.01. The fourth-order valence-electron chi connectivity index (χ4n) is 1.73. The predicted octanol–water partition coefficient (Wildman–Crippen LogP) is -0.155. The van der Waals surface area contributed by atoms with Gasteiger partial charge in [0.1, 0.15) is 24.6 Å². The van der Waals surface area contributed by atoms with Crippen molar-refractivity contribution in [2.75, 3.05) is 4.43 Å². The molecule has 1 fully saturated rings. The number of nitro groups is 1. The van der Waals surface area contributed by atoms with Gasteiger partial charge in [-0.05, 0) is 4.92 Å². The number of aromatic nitrogens is 2. The van der Waals surface area contributed by atoms with Crippen LogP contribution in [0.25, 0.3) is 0 Å². The molecule has 2 heterocycles. The number of nitrogens with zero attached hydrogens (tertiary/aromatic N) is 3. The molecule has 0 aromatic carbocycles. The van der Waals surface area contributed by atoms with E-state index >= 15 is 0 Å². The summed E-state index contributed by atoms with van der Waals surface area (Å²) in [5.41, 5.74) is 0. The van der Waals surface area contributed by atoms with E-state index in [4.69, 9.17) is 4.74 Å². The van der Waals surface area contributed by atoms with Crippen LogP contribution < -0.4 is 0 Å². The first-order valence-electron chi connectivity index (χ1n) is 4.81. The van der Waals surface area contributed by atoms with Crippen LogP contribution >= 0.6 is 22.6 Å². The van der Waals surface area contributed by atoms with Crippen molar-refractivity contribution in [1.29, 1.82) is 0 Å². The fourth-order valence-corrected chi connectivity index (χ4v) is 2.46. The lowest BCUT2D eigenvalue weighted by Crippen LogP contribution is -2.32. The SMILES string of the molecule is O=[N+]([O-])c1nccn1[C@H]1O[C@H](CI)[C@@H](O)[C@@H]1O. The van der Waals surface area contributed by atoms with Crippen molar-refractivity contribution in [2.45, 2.75) is 24.5 Å². The zero-order chi connectivity index (χ0) is 12.6. The van der Waals surface area contributed by atoms with Crippen molar-refractivity contribution in [3.63, 3.8) is 0 Å². The maximum atomic E-state index is 10.7. The van der Waals surface area contributed by atoms with Crippen LogP contribution in [0.4, 0.5) is 5.95 Å². The second kappa shape index (κ2) is 4.84. The van der Waals surface area contributed by atoms with E-state index < -0.39 is 35.4 Å². The third-order valence-corrected chi connectivity index (χ3v) is 3.44. The molecule has 1 aliphatic rings. The number of hydrogen-bond acceptors (Lipinski definition) is 6. The van der Waals surface area contributed by atoms with Gasteiger partial charge in [-0.3, -0.25) is 0 Å².